The summed E-state index contributed by atoms with van der Waals surface area (Å²) in [4.78, 5) is 12.4. The number of ketones is 1. The topological polar surface area (TPSA) is 77.2 Å². The third kappa shape index (κ3) is 2.76. The molecule has 0 radical (unpaired) electrons. The minimum atomic E-state index is -3.57. The van der Waals surface area contributed by atoms with Crippen molar-refractivity contribution in [1.82, 2.24) is 5.16 Å². The van der Waals surface area contributed by atoms with Gasteiger partial charge in [0.15, 0.2) is 15.6 Å². The van der Waals surface area contributed by atoms with Crippen molar-refractivity contribution in [3.8, 4) is 0 Å². The van der Waals surface area contributed by atoms with Gasteiger partial charge in [-0.25, -0.2) is 8.42 Å². The molecule has 2 aromatic rings. The van der Waals surface area contributed by atoms with Crippen LogP contribution in [0.4, 0.5) is 0 Å². The van der Waals surface area contributed by atoms with Crippen molar-refractivity contribution >= 4 is 27.2 Å². The first kappa shape index (κ1) is 14.7. The molecule has 5 nitrogen and oxygen atoms in total. The molecule has 1 aromatic carbocycles. The molecule has 0 amide bonds. The number of benzene rings is 1. The van der Waals surface area contributed by atoms with Gasteiger partial charge in [0.1, 0.15) is 5.76 Å². The molecule has 0 fully saturated rings. The van der Waals surface area contributed by atoms with Crippen molar-refractivity contribution in [3.63, 3.8) is 0 Å². The van der Waals surface area contributed by atoms with Crippen molar-refractivity contribution in [2.75, 3.05) is 6.26 Å². The summed E-state index contributed by atoms with van der Waals surface area (Å²) in [7, 11) is -3.57. The maximum atomic E-state index is 12.5. The minimum Gasteiger partial charge on any atom is -0.361 e. The Labute approximate surface area is 121 Å². The second-order valence-corrected chi connectivity index (χ2v) is 6.68. The maximum Gasteiger partial charge on any atom is 0.199 e. The molecule has 106 valence electrons. The predicted molar refractivity (Wildman–Crippen MR) is 73.9 cm³/mol. The molecule has 0 aliphatic rings. The predicted octanol–water partition coefficient (Wildman–Crippen LogP) is 2.52. The maximum absolute atomic E-state index is 12.5. The van der Waals surface area contributed by atoms with Gasteiger partial charge in [-0.3, -0.25) is 4.79 Å². The van der Waals surface area contributed by atoms with Gasteiger partial charge in [0.2, 0.25) is 0 Å². The van der Waals surface area contributed by atoms with Crippen molar-refractivity contribution in [3.05, 3.63) is 46.3 Å². The number of aryl methyl sites for hydroxylation is 1. The number of hydrogen-bond donors (Lipinski definition) is 0. The molecular formula is C13H12ClNO4S. The van der Waals surface area contributed by atoms with Crippen LogP contribution in [0.3, 0.4) is 0 Å². The number of hydrogen-bond acceptors (Lipinski definition) is 5. The fraction of sp³-hybridized carbons (Fsp3) is 0.231. The van der Waals surface area contributed by atoms with Gasteiger partial charge in [0.25, 0.3) is 0 Å². The van der Waals surface area contributed by atoms with Gasteiger partial charge in [-0.2, -0.15) is 0 Å². The van der Waals surface area contributed by atoms with Crippen LogP contribution in [-0.4, -0.2) is 25.6 Å². The number of sulfone groups is 1. The van der Waals surface area contributed by atoms with E-state index in [2.05, 4.69) is 5.16 Å². The monoisotopic (exact) mass is 313 g/mol. The first-order valence-corrected chi connectivity index (χ1v) is 8.09. The fourth-order valence-electron chi connectivity index (χ4n) is 1.84. The summed E-state index contributed by atoms with van der Waals surface area (Å²) in [6.45, 7) is 1.82. The van der Waals surface area contributed by atoms with Crippen LogP contribution < -0.4 is 0 Å². The third-order valence-electron chi connectivity index (χ3n) is 2.80. The fourth-order valence-corrected chi connectivity index (χ4v) is 2.98. The zero-order valence-electron chi connectivity index (χ0n) is 10.9. The van der Waals surface area contributed by atoms with Crippen LogP contribution in [0.15, 0.2) is 33.8 Å². The Bertz CT molecular complexity index is 764. The van der Waals surface area contributed by atoms with E-state index in [0.717, 1.165) is 6.26 Å². The summed E-state index contributed by atoms with van der Waals surface area (Å²) in [6.07, 6.45) is 2.81. The van der Waals surface area contributed by atoms with Crippen LogP contribution in [0.5, 0.6) is 0 Å². The van der Waals surface area contributed by atoms with Gasteiger partial charge in [-0.15, -0.1) is 0 Å². The van der Waals surface area contributed by atoms with Crippen molar-refractivity contribution < 1.29 is 17.7 Å². The average molecular weight is 314 g/mol. The smallest absolute Gasteiger partial charge is 0.199 e. The van der Waals surface area contributed by atoms with Crippen molar-refractivity contribution in [2.45, 2.75) is 18.2 Å². The minimum absolute atomic E-state index is 0.0646. The number of rotatable bonds is 4. The van der Waals surface area contributed by atoms with E-state index in [9.17, 15) is 13.2 Å². The molecule has 2 rings (SSSR count). The van der Waals surface area contributed by atoms with E-state index in [0.29, 0.717) is 12.2 Å². The van der Waals surface area contributed by atoms with Gasteiger partial charge in [0, 0.05) is 23.3 Å². The Morgan fingerprint density at radius 2 is 2.05 bits per heavy atom. The van der Waals surface area contributed by atoms with E-state index in [-0.39, 0.29) is 21.0 Å². The van der Waals surface area contributed by atoms with Crippen LogP contribution in [-0.2, 0) is 16.3 Å². The number of nitrogens with zero attached hydrogens (tertiary/aromatic N) is 1. The van der Waals surface area contributed by atoms with Crippen LogP contribution in [0.25, 0.3) is 0 Å². The zero-order valence-corrected chi connectivity index (χ0v) is 12.5. The van der Waals surface area contributed by atoms with Crippen LogP contribution >= 0.6 is 11.6 Å². The highest BCUT2D eigenvalue weighted by Gasteiger charge is 2.23. The summed E-state index contributed by atoms with van der Waals surface area (Å²) in [6, 6.07) is 4.14. The van der Waals surface area contributed by atoms with Gasteiger partial charge in [-0.1, -0.05) is 23.7 Å². The highest BCUT2D eigenvalue weighted by molar-refractivity contribution is 7.90. The lowest BCUT2D eigenvalue weighted by molar-refractivity contribution is 0.103. The Balaban J connectivity index is 2.62. The van der Waals surface area contributed by atoms with E-state index in [4.69, 9.17) is 16.1 Å². The molecule has 20 heavy (non-hydrogen) atoms. The number of carbonyl (C=O) groups excluding carboxylic acids is 1. The molecule has 0 spiro atoms. The summed E-state index contributed by atoms with van der Waals surface area (Å²) in [5.74, 6) is -0.0235. The Kier molecular flexibility index (Phi) is 3.96. The quantitative estimate of drug-likeness (QED) is 0.811. The molecule has 0 aliphatic heterocycles. The molecular weight excluding hydrogens is 302 g/mol. The lowest BCUT2D eigenvalue weighted by atomic mass is 10.0. The van der Waals surface area contributed by atoms with Gasteiger partial charge >= 0.3 is 0 Å². The number of aromatic nitrogens is 1. The summed E-state index contributed by atoms with van der Waals surface area (Å²) >= 11 is 5.80. The number of carbonyl (C=O) groups is 1. The second kappa shape index (κ2) is 5.38. The molecule has 1 aromatic heterocycles. The average Bonchev–Trinajstić information content (AvgIpc) is 2.85. The lowest BCUT2D eigenvalue weighted by Gasteiger charge is -2.07. The standard InChI is InChI=1S/C13H12ClNO4S/c1-3-11-10(7-15-19-11)13(16)9-5-4-8(14)6-12(9)20(2,17)18/h4-7H,3H2,1-2H3. The number of halogens is 1. The highest BCUT2D eigenvalue weighted by atomic mass is 35.5. The van der Waals surface area contributed by atoms with Crippen molar-refractivity contribution in [1.29, 1.82) is 0 Å². The van der Waals surface area contributed by atoms with E-state index >= 15 is 0 Å². The SMILES string of the molecule is CCc1oncc1C(=O)c1ccc(Cl)cc1S(C)(=O)=O. The summed E-state index contributed by atoms with van der Waals surface area (Å²) in [5, 5.41) is 3.83. The molecule has 0 bridgehead atoms. The molecule has 0 atom stereocenters. The van der Waals surface area contributed by atoms with E-state index in [1.807, 2.05) is 6.92 Å². The van der Waals surface area contributed by atoms with Crippen molar-refractivity contribution in [2.24, 2.45) is 0 Å². The lowest BCUT2D eigenvalue weighted by Crippen LogP contribution is -2.10. The van der Waals surface area contributed by atoms with E-state index in [1.165, 1.54) is 24.4 Å². The zero-order chi connectivity index (χ0) is 14.9. The molecule has 0 aliphatic carbocycles. The van der Waals surface area contributed by atoms with Gasteiger partial charge < -0.3 is 4.52 Å². The molecule has 0 N–H and O–H groups in total. The molecule has 0 saturated heterocycles. The van der Waals surface area contributed by atoms with Gasteiger partial charge in [-0.05, 0) is 18.2 Å². The first-order valence-electron chi connectivity index (χ1n) is 5.82. The second-order valence-electron chi connectivity index (χ2n) is 4.26. The van der Waals surface area contributed by atoms with Gasteiger partial charge in [0.05, 0.1) is 16.7 Å². The van der Waals surface area contributed by atoms with E-state index < -0.39 is 15.6 Å². The third-order valence-corrected chi connectivity index (χ3v) is 4.17. The largest absolute Gasteiger partial charge is 0.361 e. The Hall–Kier alpha value is -1.66. The summed E-state index contributed by atoms with van der Waals surface area (Å²) in [5.41, 5.74) is 0.328. The van der Waals surface area contributed by atoms with E-state index in [1.54, 1.807) is 0 Å². The summed E-state index contributed by atoms with van der Waals surface area (Å²) < 4.78 is 28.5. The normalized spacial score (nSPS) is 11.6. The molecule has 0 unspecified atom stereocenters. The highest BCUT2D eigenvalue weighted by Crippen LogP contribution is 2.24. The molecule has 7 heteroatoms. The Morgan fingerprint density at radius 1 is 1.35 bits per heavy atom. The van der Waals surface area contributed by atoms with Crippen LogP contribution in [0.1, 0.15) is 28.6 Å². The van der Waals surface area contributed by atoms with Crippen LogP contribution in [0.2, 0.25) is 5.02 Å². The van der Waals surface area contributed by atoms with Crippen LogP contribution in [0, 0.1) is 0 Å². The molecule has 0 saturated carbocycles. The Morgan fingerprint density at radius 3 is 2.65 bits per heavy atom. The molecule has 1 heterocycles. The first-order chi connectivity index (χ1) is 9.34.